The first-order chi connectivity index (χ1) is 8.99. The van der Waals surface area contributed by atoms with Gasteiger partial charge in [-0.2, -0.15) is 4.98 Å². The molecule has 102 valence electrons. The summed E-state index contributed by atoms with van der Waals surface area (Å²) in [5.41, 5.74) is 5.84. The zero-order valence-electron chi connectivity index (χ0n) is 10.9. The maximum atomic E-state index is 12.0. The van der Waals surface area contributed by atoms with Crippen LogP contribution in [0.4, 0.5) is 5.95 Å². The number of imidazole rings is 1. The number of fused-ring (bicyclic) bond motifs is 1. The largest absolute Gasteiger partial charge is 0.341 e. The topological polar surface area (TPSA) is 102 Å². The van der Waals surface area contributed by atoms with Crippen LogP contribution in [0.25, 0.3) is 11.2 Å². The molecule has 1 atom stereocenters. The maximum absolute atomic E-state index is 12.0. The Morgan fingerprint density at radius 2 is 2.05 bits per heavy atom. The van der Waals surface area contributed by atoms with E-state index in [4.69, 9.17) is 5.73 Å². The first kappa shape index (κ1) is 12.0. The van der Waals surface area contributed by atoms with Crippen LogP contribution in [0.3, 0.4) is 0 Å². The number of rotatable bonds is 1. The summed E-state index contributed by atoms with van der Waals surface area (Å²) in [7, 11) is 3.06. The van der Waals surface area contributed by atoms with Crippen molar-refractivity contribution in [2.75, 3.05) is 18.0 Å². The summed E-state index contributed by atoms with van der Waals surface area (Å²) in [6.07, 6.45) is 0.897. The summed E-state index contributed by atoms with van der Waals surface area (Å²) < 4.78 is 2.44. The van der Waals surface area contributed by atoms with E-state index in [1.807, 2.05) is 4.90 Å². The third-order valence-electron chi connectivity index (χ3n) is 3.61. The van der Waals surface area contributed by atoms with Crippen molar-refractivity contribution >= 4 is 17.1 Å². The Kier molecular flexibility index (Phi) is 2.49. The molecule has 3 rings (SSSR count). The van der Waals surface area contributed by atoms with Crippen LogP contribution in [0.5, 0.6) is 0 Å². The summed E-state index contributed by atoms with van der Waals surface area (Å²) >= 11 is 0. The number of anilines is 1. The van der Waals surface area contributed by atoms with Gasteiger partial charge in [-0.1, -0.05) is 0 Å². The molecular formula is C11H16N6O2. The average molecular weight is 264 g/mol. The second-order valence-corrected chi connectivity index (χ2v) is 4.96. The van der Waals surface area contributed by atoms with Crippen molar-refractivity contribution in [2.45, 2.75) is 12.5 Å². The molecule has 0 saturated carbocycles. The molecule has 8 heteroatoms. The highest BCUT2D eigenvalue weighted by Crippen LogP contribution is 2.18. The lowest BCUT2D eigenvalue weighted by Gasteiger charge is -2.13. The van der Waals surface area contributed by atoms with Crippen LogP contribution in [0.1, 0.15) is 6.42 Å². The van der Waals surface area contributed by atoms with E-state index in [-0.39, 0.29) is 17.3 Å². The summed E-state index contributed by atoms with van der Waals surface area (Å²) in [5, 5.41) is 0. The Balaban J connectivity index is 2.21. The molecule has 3 heterocycles. The molecule has 0 spiro atoms. The number of aryl methyl sites for hydroxylation is 1. The lowest BCUT2D eigenvalue weighted by Crippen LogP contribution is -2.36. The molecule has 0 amide bonds. The molecule has 1 aliphatic rings. The Labute approximate surface area is 108 Å². The molecule has 1 unspecified atom stereocenters. The molecule has 3 N–H and O–H groups in total. The van der Waals surface area contributed by atoms with Gasteiger partial charge in [-0.3, -0.25) is 13.9 Å². The van der Waals surface area contributed by atoms with Crippen molar-refractivity contribution in [3.63, 3.8) is 0 Å². The molecule has 1 aliphatic heterocycles. The van der Waals surface area contributed by atoms with Crippen molar-refractivity contribution in [1.82, 2.24) is 19.1 Å². The molecule has 2 aromatic heterocycles. The lowest BCUT2D eigenvalue weighted by atomic mass is 10.3. The molecule has 2 aromatic rings. The summed E-state index contributed by atoms with van der Waals surface area (Å²) in [6, 6.07) is 0.125. The van der Waals surface area contributed by atoms with E-state index in [9.17, 15) is 9.59 Å². The van der Waals surface area contributed by atoms with Gasteiger partial charge in [0.15, 0.2) is 11.2 Å². The van der Waals surface area contributed by atoms with E-state index in [2.05, 4.69) is 9.97 Å². The zero-order valence-corrected chi connectivity index (χ0v) is 10.9. The van der Waals surface area contributed by atoms with Crippen LogP contribution in [-0.2, 0) is 14.1 Å². The normalized spacial score (nSPS) is 19.5. The molecule has 19 heavy (non-hydrogen) atoms. The Morgan fingerprint density at radius 1 is 1.32 bits per heavy atom. The van der Waals surface area contributed by atoms with E-state index in [1.165, 1.54) is 11.6 Å². The highest BCUT2D eigenvalue weighted by atomic mass is 16.2. The highest BCUT2D eigenvalue weighted by molar-refractivity contribution is 5.73. The highest BCUT2D eigenvalue weighted by Gasteiger charge is 2.23. The minimum Gasteiger partial charge on any atom is -0.341 e. The quantitative estimate of drug-likeness (QED) is 0.652. The van der Waals surface area contributed by atoms with Crippen molar-refractivity contribution in [3.8, 4) is 0 Å². The zero-order chi connectivity index (χ0) is 13.7. The SMILES string of the molecule is Cn1c(=O)c2[nH]c(N3CCC(N)C3)nc2n(C)c1=O. The lowest BCUT2D eigenvalue weighted by molar-refractivity contribution is 0.708. The molecule has 1 fully saturated rings. The summed E-state index contributed by atoms with van der Waals surface area (Å²) in [6.45, 7) is 1.50. The van der Waals surface area contributed by atoms with E-state index in [0.717, 1.165) is 17.5 Å². The fraction of sp³-hybridized carbons (Fsp3) is 0.545. The van der Waals surface area contributed by atoms with Crippen molar-refractivity contribution < 1.29 is 0 Å². The van der Waals surface area contributed by atoms with Gasteiger partial charge >= 0.3 is 5.69 Å². The maximum Gasteiger partial charge on any atom is 0.332 e. The molecule has 0 aliphatic carbocycles. The number of H-pyrrole nitrogens is 1. The second-order valence-electron chi connectivity index (χ2n) is 4.96. The Bertz CT molecular complexity index is 755. The third kappa shape index (κ3) is 1.67. The van der Waals surface area contributed by atoms with Gasteiger partial charge in [-0.15, -0.1) is 0 Å². The summed E-state index contributed by atoms with van der Waals surface area (Å²) in [4.78, 5) is 33.2. The molecule has 0 bridgehead atoms. The Morgan fingerprint density at radius 3 is 2.68 bits per heavy atom. The van der Waals surface area contributed by atoms with E-state index < -0.39 is 0 Å². The standard InChI is InChI=1S/C11H16N6O2/c1-15-8-7(9(18)16(2)11(15)19)13-10(14-8)17-4-3-6(12)5-17/h6H,3-5,12H2,1-2H3,(H,13,14). The number of nitrogens with two attached hydrogens (primary N) is 1. The van der Waals surface area contributed by atoms with E-state index in [0.29, 0.717) is 23.7 Å². The first-order valence-electron chi connectivity index (χ1n) is 6.15. The van der Waals surface area contributed by atoms with Crippen molar-refractivity contribution in [2.24, 2.45) is 19.8 Å². The molecule has 8 nitrogen and oxygen atoms in total. The van der Waals surface area contributed by atoms with Crippen LogP contribution in [0, 0.1) is 0 Å². The van der Waals surface area contributed by atoms with Gasteiger partial charge in [0.05, 0.1) is 0 Å². The number of hydrogen-bond donors (Lipinski definition) is 2. The second kappa shape index (κ2) is 3.95. The van der Waals surface area contributed by atoms with Crippen LogP contribution in [0.15, 0.2) is 9.59 Å². The minimum atomic E-state index is -0.381. The predicted molar refractivity (Wildman–Crippen MR) is 71.4 cm³/mol. The molecular weight excluding hydrogens is 248 g/mol. The predicted octanol–water partition coefficient (Wildman–Crippen LogP) is -1.50. The first-order valence-corrected chi connectivity index (χ1v) is 6.15. The van der Waals surface area contributed by atoms with Gasteiger partial charge in [0.25, 0.3) is 5.56 Å². The van der Waals surface area contributed by atoms with Crippen LogP contribution < -0.4 is 21.9 Å². The number of aromatic amines is 1. The fourth-order valence-corrected chi connectivity index (χ4v) is 2.44. The van der Waals surface area contributed by atoms with Gasteiger partial charge in [0.2, 0.25) is 5.95 Å². The monoisotopic (exact) mass is 264 g/mol. The van der Waals surface area contributed by atoms with Gasteiger partial charge in [0.1, 0.15) is 0 Å². The number of nitrogens with zero attached hydrogens (tertiary/aromatic N) is 4. The molecule has 1 saturated heterocycles. The van der Waals surface area contributed by atoms with Crippen LogP contribution in [0.2, 0.25) is 0 Å². The van der Waals surface area contributed by atoms with Crippen molar-refractivity contribution in [3.05, 3.63) is 20.8 Å². The number of nitrogens with one attached hydrogen (secondary N) is 1. The van der Waals surface area contributed by atoms with Gasteiger partial charge in [-0.05, 0) is 6.42 Å². The number of aromatic nitrogens is 4. The van der Waals surface area contributed by atoms with E-state index >= 15 is 0 Å². The number of hydrogen-bond acceptors (Lipinski definition) is 5. The van der Waals surface area contributed by atoms with Crippen LogP contribution in [-0.4, -0.2) is 38.2 Å². The average Bonchev–Trinajstić information content (AvgIpc) is 3.00. The van der Waals surface area contributed by atoms with E-state index in [1.54, 1.807) is 7.05 Å². The van der Waals surface area contributed by atoms with Crippen molar-refractivity contribution in [1.29, 1.82) is 0 Å². The van der Waals surface area contributed by atoms with Gasteiger partial charge in [0, 0.05) is 33.2 Å². The smallest absolute Gasteiger partial charge is 0.332 e. The summed E-state index contributed by atoms with van der Waals surface area (Å²) in [5.74, 6) is 0.598. The Hall–Kier alpha value is -2.09. The van der Waals surface area contributed by atoms with Gasteiger partial charge < -0.3 is 15.6 Å². The van der Waals surface area contributed by atoms with Gasteiger partial charge in [-0.25, -0.2) is 4.79 Å². The fourth-order valence-electron chi connectivity index (χ4n) is 2.44. The molecule has 0 aromatic carbocycles. The van der Waals surface area contributed by atoms with Crippen LogP contribution >= 0.6 is 0 Å². The molecule has 0 radical (unpaired) electrons. The minimum absolute atomic E-state index is 0.125. The third-order valence-corrected chi connectivity index (χ3v) is 3.61.